The number of aliphatic carboxylic acids is 1. The molecule has 0 heterocycles. The predicted molar refractivity (Wildman–Crippen MR) is 89.4 cm³/mol. The van der Waals surface area contributed by atoms with Gasteiger partial charge in [0.25, 0.3) is 5.91 Å². The second-order valence-corrected chi connectivity index (χ2v) is 6.37. The van der Waals surface area contributed by atoms with Gasteiger partial charge >= 0.3 is 5.97 Å². The molecule has 6 nitrogen and oxygen atoms in total. The average molecular weight is 332 g/mol. The lowest BCUT2D eigenvalue weighted by atomic mass is 10.1. The van der Waals surface area contributed by atoms with Crippen molar-refractivity contribution in [2.24, 2.45) is 5.92 Å². The zero-order chi connectivity index (χ0) is 17.5. The number of carboxylic acid groups (broad SMARTS) is 1. The first kappa shape index (κ1) is 18.0. The minimum Gasteiger partial charge on any atom is -0.481 e. The van der Waals surface area contributed by atoms with Crippen LogP contribution >= 0.6 is 0 Å². The van der Waals surface area contributed by atoms with E-state index in [9.17, 15) is 14.4 Å². The molecule has 130 valence electrons. The third-order valence-electron chi connectivity index (χ3n) is 4.27. The molecule has 1 aromatic rings. The molecule has 2 rings (SSSR count). The van der Waals surface area contributed by atoms with E-state index in [2.05, 4.69) is 10.6 Å². The van der Waals surface area contributed by atoms with Gasteiger partial charge in [-0.05, 0) is 37.5 Å². The van der Waals surface area contributed by atoms with Gasteiger partial charge in [-0.1, -0.05) is 25.0 Å². The van der Waals surface area contributed by atoms with Crippen LogP contribution in [0.4, 0.5) is 0 Å². The van der Waals surface area contributed by atoms with Crippen molar-refractivity contribution in [1.82, 2.24) is 10.6 Å². The summed E-state index contributed by atoms with van der Waals surface area (Å²) in [6.07, 6.45) is 4.08. The minimum atomic E-state index is -0.948. The van der Waals surface area contributed by atoms with Gasteiger partial charge in [0, 0.05) is 24.1 Å². The van der Waals surface area contributed by atoms with Crippen LogP contribution in [0.25, 0.3) is 0 Å². The summed E-state index contributed by atoms with van der Waals surface area (Å²) in [6.45, 7) is 2.10. The third kappa shape index (κ3) is 5.37. The summed E-state index contributed by atoms with van der Waals surface area (Å²) < 4.78 is 0. The van der Waals surface area contributed by atoms with E-state index in [1.54, 1.807) is 31.2 Å². The van der Waals surface area contributed by atoms with E-state index in [1.807, 2.05) is 0 Å². The topological polar surface area (TPSA) is 95.5 Å². The molecule has 1 aromatic carbocycles. The van der Waals surface area contributed by atoms with Crippen molar-refractivity contribution in [3.05, 3.63) is 35.4 Å². The average Bonchev–Trinajstić information content (AvgIpc) is 3.06. The fraction of sp³-hybridized carbons (Fsp3) is 0.500. The van der Waals surface area contributed by atoms with Crippen LogP contribution in [-0.4, -0.2) is 28.9 Å². The van der Waals surface area contributed by atoms with Gasteiger partial charge in [-0.3, -0.25) is 14.4 Å². The fourth-order valence-corrected chi connectivity index (χ4v) is 2.92. The molecule has 6 heteroatoms. The Morgan fingerprint density at radius 2 is 1.79 bits per heavy atom. The molecule has 3 N–H and O–H groups in total. The molecule has 0 spiro atoms. The molecule has 0 aliphatic heterocycles. The first-order chi connectivity index (χ1) is 11.5. The summed E-state index contributed by atoms with van der Waals surface area (Å²) in [6, 6.07) is 6.53. The van der Waals surface area contributed by atoms with E-state index < -0.39 is 12.0 Å². The number of carbonyl (C=O) groups is 3. The summed E-state index contributed by atoms with van der Waals surface area (Å²) in [5.74, 6) is -0.996. The first-order valence-electron chi connectivity index (χ1n) is 8.35. The lowest BCUT2D eigenvalue weighted by Crippen LogP contribution is -2.34. The van der Waals surface area contributed by atoms with Crippen LogP contribution in [0.1, 0.15) is 54.9 Å². The number of benzene rings is 1. The quantitative estimate of drug-likeness (QED) is 0.712. The molecule has 1 fully saturated rings. The molecular weight excluding hydrogens is 308 g/mol. The second kappa shape index (κ2) is 8.47. The highest BCUT2D eigenvalue weighted by atomic mass is 16.4. The molecule has 0 bridgehead atoms. The Labute approximate surface area is 141 Å². The maximum atomic E-state index is 12.0. The van der Waals surface area contributed by atoms with Crippen molar-refractivity contribution in [3.8, 4) is 0 Å². The van der Waals surface area contributed by atoms with E-state index in [-0.39, 0.29) is 24.2 Å². The predicted octanol–water partition coefficient (Wildman–Crippen LogP) is 2.09. The third-order valence-corrected chi connectivity index (χ3v) is 4.27. The van der Waals surface area contributed by atoms with Crippen LogP contribution in [0.2, 0.25) is 0 Å². The van der Waals surface area contributed by atoms with Crippen molar-refractivity contribution in [3.63, 3.8) is 0 Å². The zero-order valence-electron chi connectivity index (χ0n) is 13.9. The smallest absolute Gasteiger partial charge is 0.305 e. The van der Waals surface area contributed by atoms with E-state index in [0.29, 0.717) is 12.1 Å². The molecule has 0 aromatic heterocycles. The SMILES string of the molecule is CC(CC(=O)O)NC(=O)c1ccc(CNC(=O)C2CCCC2)cc1. The Hall–Kier alpha value is -2.37. The number of hydrogen-bond donors (Lipinski definition) is 3. The molecule has 1 aliphatic rings. The second-order valence-electron chi connectivity index (χ2n) is 6.37. The Bertz CT molecular complexity index is 592. The fourth-order valence-electron chi connectivity index (χ4n) is 2.92. The van der Waals surface area contributed by atoms with Gasteiger partial charge in [0.15, 0.2) is 0 Å². The number of carboxylic acids is 1. The normalized spacial score (nSPS) is 15.7. The van der Waals surface area contributed by atoms with Crippen LogP contribution in [0, 0.1) is 5.92 Å². The minimum absolute atomic E-state index is 0.108. The number of hydrogen-bond acceptors (Lipinski definition) is 3. The molecule has 1 aliphatic carbocycles. The standard InChI is InChI=1S/C18H24N2O4/c1-12(10-16(21)22)20-18(24)15-8-6-13(7-9-15)11-19-17(23)14-4-2-3-5-14/h6-9,12,14H,2-5,10-11H2,1H3,(H,19,23)(H,20,24)(H,21,22). The molecule has 1 unspecified atom stereocenters. The molecule has 24 heavy (non-hydrogen) atoms. The van der Waals surface area contributed by atoms with Crippen molar-refractivity contribution in [1.29, 1.82) is 0 Å². The van der Waals surface area contributed by atoms with Crippen LogP contribution in [0.5, 0.6) is 0 Å². The lowest BCUT2D eigenvalue weighted by Gasteiger charge is -2.12. The molecule has 1 saturated carbocycles. The van der Waals surface area contributed by atoms with Crippen LogP contribution in [0.3, 0.4) is 0 Å². The van der Waals surface area contributed by atoms with Crippen molar-refractivity contribution in [2.45, 2.75) is 51.6 Å². The maximum absolute atomic E-state index is 12.0. The number of rotatable bonds is 7. The summed E-state index contributed by atoms with van der Waals surface area (Å²) in [5, 5.41) is 14.3. The summed E-state index contributed by atoms with van der Waals surface area (Å²) >= 11 is 0. The Balaban J connectivity index is 1.82. The van der Waals surface area contributed by atoms with Gasteiger partial charge < -0.3 is 15.7 Å². The lowest BCUT2D eigenvalue weighted by molar-refractivity contribution is -0.137. The van der Waals surface area contributed by atoms with Crippen molar-refractivity contribution >= 4 is 17.8 Å². The van der Waals surface area contributed by atoms with E-state index in [1.165, 1.54) is 0 Å². The van der Waals surface area contributed by atoms with E-state index in [4.69, 9.17) is 5.11 Å². The largest absolute Gasteiger partial charge is 0.481 e. The molecular formula is C18H24N2O4. The Kier molecular flexibility index (Phi) is 6.35. The van der Waals surface area contributed by atoms with Crippen LogP contribution < -0.4 is 10.6 Å². The highest BCUT2D eigenvalue weighted by molar-refractivity contribution is 5.94. The number of amides is 2. The highest BCUT2D eigenvalue weighted by Gasteiger charge is 2.22. The van der Waals surface area contributed by atoms with Gasteiger partial charge in [-0.2, -0.15) is 0 Å². The first-order valence-corrected chi connectivity index (χ1v) is 8.35. The van der Waals surface area contributed by atoms with Crippen LogP contribution in [-0.2, 0) is 16.1 Å². The molecule has 1 atom stereocenters. The monoisotopic (exact) mass is 332 g/mol. The molecule has 0 saturated heterocycles. The summed E-state index contributed by atoms with van der Waals surface area (Å²) in [4.78, 5) is 34.6. The van der Waals surface area contributed by atoms with Crippen molar-refractivity contribution < 1.29 is 19.5 Å². The zero-order valence-corrected chi connectivity index (χ0v) is 13.9. The van der Waals surface area contributed by atoms with Gasteiger partial charge in [0.2, 0.25) is 5.91 Å². The molecule has 2 amide bonds. The Morgan fingerprint density at radius 3 is 2.38 bits per heavy atom. The Morgan fingerprint density at radius 1 is 1.17 bits per heavy atom. The van der Waals surface area contributed by atoms with Gasteiger partial charge in [-0.15, -0.1) is 0 Å². The maximum Gasteiger partial charge on any atom is 0.305 e. The summed E-state index contributed by atoms with van der Waals surface area (Å²) in [7, 11) is 0. The van der Waals surface area contributed by atoms with Gasteiger partial charge in [-0.25, -0.2) is 0 Å². The number of nitrogens with one attached hydrogen (secondary N) is 2. The summed E-state index contributed by atoms with van der Waals surface area (Å²) in [5.41, 5.74) is 1.40. The van der Waals surface area contributed by atoms with Crippen LogP contribution in [0.15, 0.2) is 24.3 Å². The van der Waals surface area contributed by atoms with E-state index in [0.717, 1.165) is 31.2 Å². The molecule has 0 radical (unpaired) electrons. The van der Waals surface area contributed by atoms with Crippen molar-refractivity contribution in [2.75, 3.05) is 0 Å². The highest BCUT2D eigenvalue weighted by Crippen LogP contribution is 2.24. The van der Waals surface area contributed by atoms with E-state index >= 15 is 0 Å². The van der Waals surface area contributed by atoms with Gasteiger partial charge in [0.1, 0.15) is 0 Å². The van der Waals surface area contributed by atoms with Gasteiger partial charge in [0.05, 0.1) is 6.42 Å². The number of carbonyl (C=O) groups excluding carboxylic acids is 2.